The summed E-state index contributed by atoms with van der Waals surface area (Å²) in [5, 5.41) is 14.7. The zero-order chi connectivity index (χ0) is 13.4. The lowest BCUT2D eigenvalue weighted by molar-refractivity contribution is 0.0775. The number of benzene rings is 1. The molecule has 1 aromatic carbocycles. The van der Waals surface area contributed by atoms with Gasteiger partial charge in [-0.25, -0.2) is 4.79 Å². The molecule has 0 saturated heterocycles. The number of carbonyl (C=O) groups excluding carboxylic acids is 1. The molecule has 0 heterocycles. The Morgan fingerprint density at radius 3 is 2.78 bits per heavy atom. The van der Waals surface area contributed by atoms with Crippen molar-refractivity contribution in [3.63, 3.8) is 0 Å². The fourth-order valence-corrected chi connectivity index (χ4v) is 1.34. The average Bonchev–Trinajstić information content (AvgIpc) is 2.31. The van der Waals surface area contributed by atoms with Gasteiger partial charge in [-0.1, -0.05) is 12.1 Å². The molecule has 0 atom stereocenters. The third-order valence-electron chi connectivity index (χ3n) is 2.21. The van der Waals surface area contributed by atoms with Crippen LogP contribution in [-0.4, -0.2) is 30.4 Å². The van der Waals surface area contributed by atoms with Crippen molar-refractivity contribution in [1.82, 2.24) is 5.32 Å². The van der Waals surface area contributed by atoms with E-state index in [1.807, 2.05) is 13.8 Å². The van der Waals surface area contributed by atoms with E-state index in [1.165, 1.54) is 6.07 Å². The number of amides is 2. The minimum Gasteiger partial charge on any atom is -0.506 e. The van der Waals surface area contributed by atoms with E-state index in [9.17, 15) is 9.90 Å². The van der Waals surface area contributed by atoms with Gasteiger partial charge >= 0.3 is 6.03 Å². The number of ether oxygens (including phenoxy) is 1. The molecule has 18 heavy (non-hydrogen) atoms. The Morgan fingerprint density at radius 2 is 2.11 bits per heavy atom. The molecular weight excluding hydrogens is 232 g/mol. The first-order chi connectivity index (χ1) is 8.59. The Bertz CT molecular complexity index is 380. The summed E-state index contributed by atoms with van der Waals surface area (Å²) >= 11 is 0. The van der Waals surface area contributed by atoms with Crippen LogP contribution in [0.3, 0.4) is 0 Å². The molecule has 2 amide bonds. The maximum absolute atomic E-state index is 11.5. The van der Waals surface area contributed by atoms with Crippen LogP contribution in [0.15, 0.2) is 24.3 Å². The van der Waals surface area contributed by atoms with Gasteiger partial charge < -0.3 is 20.5 Å². The maximum Gasteiger partial charge on any atom is 0.319 e. The number of nitrogens with one attached hydrogen (secondary N) is 2. The van der Waals surface area contributed by atoms with Gasteiger partial charge in [-0.15, -0.1) is 0 Å². The van der Waals surface area contributed by atoms with Crippen LogP contribution in [0.1, 0.15) is 20.3 Å². The highest BCUT2D eigenvalue weighted by atomic mass is 16.5. The molecule has 1 aromatic rings. The van der Waals surface area contributed by atoms with Crippen LogP contribution in [0.25, 0.3) is 0 Å². The molecular formula is C13H20N2O3. The molecule has 1 rings (SSSR count). The fraction of sp³-hybridized carbons (Fsp3) is 0.462. The molecule has 0 bridgehead atoms. The lowest BCUT2D eigenvalue weighted by Gasteiger charge is -2.10. The minimum atomic E-state index is -0.332. The van der Waals surface area contributed by atoms with Crippen LogP contribution in [0.5, 0.6) is 5.75 Å². The molecule has 5 heteroatoms. The number of hydrogen-bond acceptors (Lipinski definition) is 3. The van der Waals surface area contributed by atoms with Gasteiger partial charge in [0.15, 0.2) is 0 Å². The largest absolute Gasteiger partial charge is 0.506 e. The lowest BCUT2D eigenvalue weighted by atomic mass is 10.3. The Balaban J connectivity index is 2.20. The number of urea groups is 1. The molecule has 0 aliphatic rings. The molecule has 0 aromatic heterocycles. The van der Waals surface area contributed by atoms with Crippen molar-refractivity contribution in [2.24, 2.45) is 0 Å². The van der Waals surface area contributed by atoms with Gasteiger partial charge in [0.2, 0.25) is 0 Å². The molecule has 3 N–H and O–H groups in total. The van der Waals surface area contributed by atoms with Crippen molar-refractivity contribution in [2.75, 3.05) is 18.5 Å². The smallest absolute Gasteiger partial charge is 0.319 e. The van der Waals surface area contributed by atoms with Gasteiger partial charge in [0, 0.05) is 13.2 Å². The number of hydrogen-bond donors (Lipinski definition) is 3. The highest BCUT2D eigenvalue weighted by molar-refractivity contribution is 5.90. The first-order valence-electron chi connectivity index (χ1n) is 6.04. The molecule has 0 aliphatic carbocycles. The normalized spacial score (nSPS) is 10.4. The third kappa shape index (κ3) is 5.54. The van der Waals surface area contributed by atoms with E-state index in [0.717, 1.165) is 6.42 Å². The first-order valence-corrected chi connectivity index (χ1v) is 6.04. The molecule has 0 radical (unpaired) electrons. The standard InChI is InChI=1S/C13H20N2O3/c1-10(2)18-9-5-8-14-13(17)15-11-6-3-4-7-12(11)16/h3-4,6-7,10,16H,5,8-9H2,1-2H3,(H2,14,15,17). The molecule has 0 aliphatic heterocycles. The number of carbonyl (C=O) groups is 1. The van der Waals surface area contributed by atoms with Crippen LogP contribution >= 0.6 is 0 Å². The Labute approximate surface area is 107 Å². The predicted octanol–water partition coefficient (Wildman–Crippen LogP) is 2.33. The summed E-state index contributed by atoms with van der Waals surface area (Å²) < 4.78 is 5.35. The van der Waals surface area contributed by atoms with Crippen molar-refractivity contribution < 1.29 is 14.6 Å². The summed E-state index contributed by atoms with van der Waals surface area (Å²) in [6, 6.07) is 6.26. The van der Waals surface area contributed by atoms with Crippen LogP contribution in [0.4, 0.5) is 10.5 Å². The first kappa shape index (κ1) is 14.3. The van der Waals surface area contributed by atoms with Crippen molar-refractivity contribution in [3.05, 3.63) is 24.3 Å². The van der Waals surface area contributed by atoms with Gasteiger partial charge in [-0.3, -0.25) is 0 Å². The summed E-state index contributed by atoms with van der Waals surface area (Å²) in [6.45, 7) is 5.09. The average molecular weight is 252 g/mol. The molecule has 5 nitrogen and oxygen atoms in total. The van der Waals surface area contributed by atoms with Crippen molar-refractivity contribution >= 4 is 11.7 Å². The van der Waals surface area contributed by atoms with E-state index in [1.54, 1.807) is 18.2 Å². The summed E-state index contributed by atoms with van der Waals surface area (Å²) in [7, 11) is 0. The molecule has 100 valence electrons. The Morgan fingerprint density at radius 1 is 1.39 bits per heavy atom. The minimum absolute atomic E-state index is 0.0517. The maximum atomic E-state index is 11.5. The van der Waals surface area contributed by atoms with E-state index in [0.29, 0.717) is 18.8 Å². The molecule has 0 fully saturated rings. The van der Waals surface area contributed by atoms with Crippen LogP contribution in [0.2, 0.25) is 0 Å². The van der Waals surface area contributed by atoms with Gasteiger partial charge in [0.1, 0.15) is 5.75 Å². The van der Waals surface area contributed by atoms with Gasteiger partial charge in [-0.2, -0.15) is 0 Å². The van der Waals surface area contributed by atoms with Crippen molar-refractivity contribution in [2.45, 2.75) is 26.4 Å². The van der Waals surface area contributed by atoms with Gasteiger partial charge in [0.05, 0.1) is 11.8 Å². The van der Waals surface area contributed by atoms with E-state index in [4.69, 9.17) is 4.74 Å². The Kier molecular flexibility index (Phi) is 6.00. The number of phenolic OH excluding ortho intramolecular Hbond substituents is 1. The molecule has 0 spiro atoms. The SMILES string of the molecule is CC(C)OCCCNC(=O)Nc1ccccc1O. The van der Waals surface area contributed by atoms with Crippen LogP contribution < -0.4 is 10.6 Å². The van der Waals surface area contributed by atoms with E-state index in [2.05, 4.69) is 10.6 Å². The third-order valence-corrected chi connectivity index (χ3v) is 2.21. The molecule has 0 unspecified atom stereocenters. The number of para-hydroxylation sites is 2. The fourth-order valence-electron chi connectivity index (χ4n) is 1.34. The lowest BCUT2D eigenvalue weighted by Crippen LogP contribution is -2.30. The molecule has 0 saturated carbocycles. The number of aromatic hydroxyl groups is 1. The second kappa shape index (κ2) is 7.55. The number of phenols is 1. The van der Waals surface area contributed by atoms with Crippen LogP contribution in [0, 0.1) is 0 Å². The number of anilines is 1. The quantitative estimate of drug-likeness (QED) is 0.537. The zero-order valence-electron chi connectivity index (χ0n) is 10.8. The van der Waals surface area contributed by atoms with Crippen molar-refractivity contribution in [3.8, 4) is 5.75 Å². The number of rotatable bonds is 6. The predicted molar refractivity (Wildman–Crippen MR) is 70.8 cm³/mol. The highest BCUT2D eigenvalue weighted by Crippen LogP contribution is 2.20. The summed E-state index contributed by atoms with van der Waals surface area (Å²) in [5.41, 5.74) is 0.397. The second-order valence-electron chi connectivity index (χ2n) is 4.17. The van der Waals surface area contributed by atoms with Gasteiger partial charge in [0.25, 0.3) is 0 Å². The topological polar surface area (TPSA) is 70.6 Å². The van der Waals surface area contributed by atoms with Crippen LogP contribution in [-0.2, 0) is 4.74 Å². The summed E-state index contributed by atoms with van der Waals surface area (Å²) in [4.78, 5) is 11.5. The Hall–Kier alpha value is -1.75. The monoisotopic (exact) mass is 252 g/mol. The van der Waals surface area contributed by atoms with E-state index < -0.39 is 0 Å². The van der Waals surface area contributed by atoms with E-state index >= 15 is 0 Å². The second-order valence-corrected chi connectivity index (χ2v) is 4.17. The van der Waals surface area contributed by atoms with E-state index in [-0.39, 0.29) is 17.9 Å². The summed E-state index contributed by atoms with van der Waals surface area (Å²) in [6.07, 6.45) is 0.965. The van der Waals surface area contributed by atoms with Crippen molar-refractivity contribution in [1.29, 1.82) is 0 Å². The van der Waals surface area contributed by atoms with Gasteiger partial charge in [-0.05, 0) is 32.4 Å². The zero-order valence-corrected chi connectivity index (χ0v) is 10.8. The highest BCUT2D eigenvalue weighted by Gasteiger charge is 2.04. The summed E-state index contributed by atoms with van der Waals surface area (Å²) in [5.74, 6) is 0.0517.